The second kappa shape index (κ2) is 3.64. The summed E-state index contributed by atoms with van der Waals surface area (Å²) in [6.45, 7) is 2.75. The Morgan fingerprint density at radius 2 is 2.31 bits per heavy atom. The zero-order valence-electron chi connectivity index (χ0n) is 7.83. The number of carbonyl (C=O) groups excluding carboxylic acids is 1. The number of nitrogens with zero attached hydrogens (tertiary/aromatic N) is 1. The molecule has 3 N–H and O–H groups in total. The highest BCUT2D eigenvalue weighted by Crippen LogP contribution is 2.27. The molecule has 0 aromatic carbocycles. The molecular weight excluding hydrogens is 166 g/mol. The number of hydrogen-bond donors (Lipinski definition) is 2. The van der Waals surface area contributed by atoms with E-state index in [4.69, 9.17) is 5.73 Å². The topological polar surface area (TPSA) is 58.4 Å². The van der Waals surface area contributed by atoms with Crippen molar-refractivity contribution in [2.24, 2.45) is 5.73 Å². The second-order valence-electron chi connectivity index (χ2n) is 3.99. The molecule has 0 aromatic heterocycles. The molecule has 0 bridgehead atoms. The molecule has 0 aliphatic carbocycles. The minimum atomic E-state index is -0.253. The van der Waals surface area contributed by atoms with E-state index in [1.807, 2.05) is 0 Å². The number of fused-ring (bicyclic) bond motifs is 1. The quantitative estimate of drug-likeness (QED) is 0.608. The summed E-state index contributed by atoms with van der Waals surface area (Å²) in [6.07, 6.45) is 3.74. The van der Waals surface area contributed by atoms with Crippen LogP contribution in [0, 0.1) is 0 Å². The normalized spacial score (nSPS) is 33.5. The molecule has 2 fully saturated rings. The van der Waals surface area contributed by atoms with Crippen LogP contribution in [0.5, 0.6) is 0 Å². The zero-order chi connectivity index (χ0) is 9.26. The molecule has 13 heavy (non-hydrogen) atoms. The van der Waals surface area contributed by atoms with Crippen LogP contribution in [0.1, 0.15) is 19.3 Å². The third kappa shape index (κ3) is 1.84. The molecule has 2 saturated heterocycles. The number of nitrogens with one attached hydrogen (secondary N) is 1. The van der Waals surface area contributed by atoms with Crippen molar-refractivity contribution in [2.75, 3.05) is 19.6 Å². The van der Waals surface area contributed by atoms with Gasteiger partial charge >= 0.3 is 0 Å². The molecule has 0 saturated carbocycles. The number of carbonyl (C=O) groups is 1. The van der Waals surface area contributed by atoms with Crippen LogP contribution < -0.4 is 11.1 Å². The molecule has 0 spiro atoms. The molecule has 4 heteroatoms. The van der Waals surface area contributed by atoms with Gasteiger partial charge in [-0.15, -0.1) is 0 Å². The van der Waals surface area contributed by atoms with E-state index in [1.165, 1.54) is 25.9 Å². The van der Waals surface area contributed by atoms with Crippen molar-refractivity contribution >= 4 is 5.91 Å². The maximum absolute atomic E-state index is 10.6. The highest BCUT2D eigenvalue weighted by atomic mass is 16.1. The van der Waals surface area contributed by atoms with Crippen molar-refractivity contribution < 1.29 is 4.79 Å². The molecule has 2 atom stereocenters. The summed E-state index contributed by atoms with van der Waals surface area (Å²) in [6, 6.07) is 1.16. The van der Waals surface area contributed by atoms with Crippen LogP contribution in [0.15, 0.2) is 0 Å². The minimum absolute atomic E-state index is 0.253. The van der Waals surface area contributed by atoms with Crippen LogP contribution in [-0.2, 0) is 4.79 Å². The van der Waals surface area contributed by atoms with Gasteiger partial charge in [-0.3, -0.25) is 9.69 Å². The predicted molar refractivity (Wildman–Crippen MR) is 50.2 cm³/mol. The molecule has 2 heterocycles. The highest BCUT2D eigenvalue weighted by molar-refractivity contribution is 5.75. The van der Waals surface area contributed by atoms with E-state index in [-0.39, 0.29) is 5.91 Å². The SMILES string of the molecule is NC(=O)CNC1CCN2CCCC12. The number of rotatable bonds is 3. The molecule has 0 radical (unpaired) electrons. The summed E-state index contributed by atoms with van der Waals surface area (Å²) in [5.74, 6) is -0.253. The molecule has 2 aliphatic heterocycles. The van der Waals surface area contributed by atoms with E-state index in [9.17, 15) is 4.79 Å². The number of primary amides is 1. The van der Waals surface area contributed by atoms with Crippen LogP contribution in [0.4, 0.5) is 0 Å². The zero-order valence-corrected chi connectivity index (χ0v) is 7.83. The van der Waals surface area contributed by atoms with Crippen LogP contribution in [0.3, 0.4) is 0 Å². The van der Waals surface area contributed by atoms with E-state index < -0.39 is 0 Å². The number of nitrogens with two attached hydrogens (primary N) is 1. The highest BCUT2D eigenvalue weighted by Gasteiger charge is 2.36. The Bertz CT molecular complexity index is 207. The standard InChI is InChI=1S/C9H17N3O/c10-9(13)6-11-7-3-5-12-4-1-2-8(7)12/h7-8,11H,1-6H2,(H2,10,13). The third-order valence-corrected chi connectivity index (χ3v) is 3.14. The fraction of sp³-hybridized carbons (Fsp3) is 0.889. The lowest BCUT2D eigenvalue weighted by molar-refractivity contribution is -0.117. The lowest BCUT2D eigenvalue weighted by Gasteiger charge is -2.20. The molecule has 0 aromatic rings. The molecule has 4 nitrogen and oxygen atoms in total. The largest absolute Gasteiger partial charge is 0.369 e. The molecule has 1 amide bonds. The Morgan fingerprint density at radius 1 is 1.46 bits per heavy atom. The van der Waals surface area contributed by atoms with E-state index in [2.05, 4.69) is 10.2 Å². The van der Waals surface area contributed by atoms with E-state index in [0.29, 0.717) is 18.6 Å². The van der Waals surface area contributed by atoms with Crippen LogP contribution in [-0.4, -0.2) is 42.5 Å². The number of hydrogen-bond acceptors (Lipinski definition) is 3. The summed E-state index contributed by atoms with van der Waals surface area (Å²) >= 11 is 0. The minimum Gasteiger partial charge on any atom is -0.369 e. The Labute approximate surface area is 78.5 Å². The first-order chi connectivity index (χ1) is 6.27. The molecular formula is C9H17N3O. The average molecular weight is 183 g/mol. The lowest BCUT2D eigenvalue weighted by atomic mass is 10.1. The van der Waals surface area contributed by atoms with E-state index >= 15 is 0 Å². The van der Waals surface area contributed by atoms with Crippen LogP contribution in [0.2, 0.25) is 0 Å². The van der Waals surface area contributed by atoms with Gasteiger partial charge in [0, 0.05) is 18.6 Å². The van der Waals surface area contributed by atoms with E-state index in [0.717, 1.165) is 6.42 Å². The van der Waals surface area contributed by atoms with Crippen molar-refractivity contribution in [3.8, 4) is 0 Å². The van der Waals surface area contributed by atoms with Gasteiger partial charge in [0.25, 0.3) is 0 Å². The van der Waals surface area contributed by atoms with Gasteiger partial charge in [-0.05, 0) is 25.8 Å². The Morgan fingerprint density at radius 3 is 3.08 bits per heavy atom. The molecule has 74 valence electrons. The fourth-order valence-electron chi connectivity index (χ4n) is 2.55. The Balaban J connectivity index is 1.83. The first-order valence-corrected chi connectivity index (χ1v) is 5.03. The second-order valence-corrected chi connectivity index (χ2v) is 3.99. The van der Waals surface area contributed by atoms with Gasteiger partial charge in [0.2, 0.25) is 5.91 Å². The van der Waals surface area contributed by atoms with Crippen molar-refractivity contribution in [3.63, 3.8) is 0 Å². The summed E-state index contributed by atoms with van der Waals surface area (Å²) in [5, 5.41) is 3.24. The van der Waals surface area contributed by atoms with Crippen LogP contribution in [0.25, 0.3) is 0 Å². The monoisotopic (exact) mass is 183 g/mol. The van der Waals surface area contributed by atoms with Gasteiger partial charge in [-0.1, -0.05) is 0 Å². The van der Waals surface area contributed by atoms with Gasteiger partial charge in [-0.2, -0.15) is 0 Å². The summed E-state index contributed by atoms with van der Waals surface area (Å²) in [4.78, 5) is 13.1. The Kier molecular flexibility index (Phi) is 2.51. The molecule has 2 rings (SSSR count). The smallest absolute Gasteiger partial charge is 0.231 e. The van der Waals surface area contributed by atoms with Crippen molar-refractivity contribution in [3.05, 3.63) is 0 Å². The summed E-state index contributed by atoms with van der Waals surface area (Å²) in [7, 11) is 0. The Hall–Kier alpha value is -0.610. The third-order valence-electron chi connectivity index (χ3n) is 3.14. The van der Waals surface area contributed by atoms with Gasteiger partial charge in [-0.25, -0.2) is 0 Å². The fourth-order valence-corrected chi connectivity index (χ4v) is 2.55. The number of amides is 1. The summed E-state index contributed by atoms with van der Waals surface area (Å²) in [5.41, 5.74) is 5.09. The van der Waals surface area contributed by atoms with Gasteiger partial charge < -0.3 is 11.1 Å². The lowest BCUT2D eigenvalue weighted by Crippen LogP contribution is -2.42. The first-order valence-electron chi connectivity index (χ1n) is 5.03. The summed E-state index contributed by atoms with van der Waals surface area (Å²) < 4.78 is 0. The van der Waals surface area contributed by atoms with Crippen molar-refractivity contribution in [2.45, 2.75) is 31.3 Å². The molecule has 2 aliphatic rings. The van der Waals surface area contributed by atoms with Gasteiger partial charge in [0.05, 0.1) is 6.54 Å². The maximum atomic E-state index is 10.6. The van der Waals surface area contributed by atoms with Crippen molar-refractivity contribution in [1.29, 1.82) is 0 Å². The van der Waals surface area contributed by atoms with Crippen molar-refractivity contribution in [1.82, 2.24) is 10.2 Å². The molecule has 2 unspecified atom stereocenters. The predicted octanol–water partition coefficient (Wildman–Crippen LogP) is -0.702. The van der Waals surface area contributed by atoms with Gasteiger partial charge in [0.1, 0.15) is 0 Å². The maximum Gasteiger partial charge on any atom is 0.231 e. The van der Waals surface area contributed by atoms with Gasteiger partial charge in [0.15, 0.2) is 0 Å². The van der Waals surface area contributed by atoms with Crippen LogP contribution >= 0.6 is 0 Å². The first kappa shape index (κ1) is 8.97. The van der Waals surface area contributed by atoms with E-state index in [1.54, 1.807) is 0 Å². The average Bonchev–Trinajstić information content (AvgIpc) is 2.60.